The number of ether oxygens (including phenoxy) is 1. The molecule has 0 aliphatic rings. The third-order valence-corrected chi connectivity index (χ3v) is 3.75. The van der Waals surface area contributed by atoms with E-state index in [0.29, 0.717) is 12.5 Å². The second-order valence-electron chi connectivity index (χ2n) is 4.10. The van der Waals surface area contributed by atoms with Gasteiger partial charge in [0.25, 0.3) is 0 Å². The van der Waals surface area contributed by atoms with Gasteiger partial charge in [-0.15, -0.1) is 22.9 Å². The highest BCUT2D eigenvalue weighted by Crippen LogP contribution is 2.25. The van der Waals surface area contributed by atoms with Gasteiger partial charge in [0.05, 0.1) is 29.7 Å². The average Bonchev–Trinajstić information content (AvgIpc) is 2.83. The standard InChI is InChI=1S/C14H17ClN2OS/c1-3-18-14-5-4-12(6-11(14)7-15)16-8-13-9-19-10(2)17-13/h4-6,9,16H,3,7-8H2,1-2H3. The molecule has 1 aromatic heterocycles. The van der Waals surface area contributed by atoms with Gasteiger partial charge >= 0.3 is 0 Å². The molecule has 0 radical (unpaired) electrons. The van der Waals surface area contributed by atoms with Gasteiger partial charge in [0, 0.05) is 16.6 Å². The molecule has 2 rings (SSSR count). The summed E-state index contributed by atoms with van der Waals surface area (Å²) in [5.41, 5.74) is 3.09. The molecule has 2 aromatic rings. The van der Waals surface area contributed by atoms with Gasteiger partial charge < -0.3 is 10.1 Å². The topological polar surface area (TPSA) is 34.1 Å². The first kappa shape index (κ1) is 14.2. The lowest BCUT2D eigenvalue weighted by Gasteiger charge is -2.11. The van der Waals surface area contributed by atoms with E-state index in [4.69, 9.17) is 16.3 Å². The molecule has 0 bridgehead atoms. The Morgan fingerprint density at radius 1 is 1.42 bits per heavy atom. The van der Waals surface area contributed by atoms with E-state index in [1.807, 2.05) is 32.0 Å². The molecule has 0 spiro atoms. The minimum atomic E-state index is 0.445. The van der Waals surface area contributed by atoms with Gasteiger partial charge in [-0.05, 0) is 32.0 Å². The van der Waals surface area contributed by atoms with Crippen LogP contribution in [0.25, 0.3) is 0 Å². The van der Waals surface area contributed by atoms with Crippen LogP contribution in [0, 0.1) is 6.92 Å². The number of nitrogens with one attached hydrogen (secondary N) is 1. The molecule has 1 aromatic carbocycles. The van der Waals surface area contributed by atoms with Crippen molar-refractivity contribution >= 4 is 28.6 Å². The third kappa shape index (κ3) is 3.85. The first-order chi connectivity index (χ1) is 9.22. The summed E-state index contributed by atoms with van der Waals surface area (Å²) in [5.74, 6) is 1.30. The van der Waals surface area contributed by atoms with Gasteiger partial charge in [-0.25, -0.2) is 4.98 Å². The van der Waals surface area contributed by atoms with Crippen molar-refractivity contribution in [3.8, 4) is 5.75 Å². The monoisotopic (exact) mass is 296 g/mol. The normalized spacial score (nSPS) is 10.5. The first-order valence-corrected chi connectivity index (χ1v) is 7.61. The summed E-state index contributed by atoms with van der Waals surface area (Å²) in [6, 6.07) is 5.98. The highest BCUT2D eigenvalue weighted by molar-refractivity contribution is 7.09. The van der Waals surface area contributed by atoms with Gasteiger partial charge in [0.15, 0.2) is 0 Å². The smallest absolute Gasteiger partial charge is 0.123 e. The van der Waals surface area contributed by atoms with E-state index in [0.717, 1.165) is 34.2 Å². The minimum Gasteiger partial charge on any atom is -0.494 e. The minimum absolute atomic E-state index is 0.445. The maximum absolute atomic E-state index is 5.94. The molecule has 1 heterocycles. The van der Waals surface area contributed by atoms with Gasteiger partial charge in [0.1, 0.15) is 5.75 Å². The molecule has 19 heavy (non-hydrogen) atoms. The Hall–Kier alpha value is -1.26. The second-order valence-corrected chi connectivity index (χ2v) is 5.43. The largest absolute Gasteiger partial charge is 0.494 e. The fourth-order valence-corrected chi connectivity index (χ4v) is 2.59. The lowest BCUT2D eigenvalue weighted by Crippen LogP contribution is -2.01. The Bertz CT molecular complexity index is 542. The fraction of sp³-hybridized carbons (Fsp3) is 0.357. The Balaban J connectivity index is 2.04. The Kier molecular flexibility index (Phi) is 5.05. The van der Waals surface area contributed by atoms with Crippen molar-refractivity contribution in [3.05, 3.63) is 39.8 Å². The van der Waals surface area contributed by atoms with Crippen LogP contribution in [-0.2, 0) is 12.4 Å². The second kappa shape index (κ2) is 6.78. The van der Waals surface area contributed by atoms with E-state index >= 15 is 0 Å². The maximum atomic E-state index is 5.94. The highest BCUT2D eigenvalue weighted by Gasteiger charge is 2.04. The first-order valence-electron chi connectivity index (χ1n) is 6.19. The molecule has 0 aliphatic carbocycles. The highest BCUT2D eigenvalue weighted by atomic mass is 35.5. The zero-order chi connectivity index (χ0) is 13.7. The number of nitrogens with zero attached hydrogens (tertiary/aromatic N) is 1. The van der Waals surface area contributed by atoms with Crippen LogP contribution < -0.4 is 10.1 Å². The van der Waals surface area contributed by atoms with Gasteiger partial charge in [0.2, 0.25) is 0 Å². The van der Waals surface area contributed by atoms with E-state index in [1.165, 1.54) is 0 Å². The van der Waals surface area contributed by atoms with Gasteiger partial charge in [-0.2, -0.15) is 0 Å². The number of aryl methyl sites for hydroxylation is 1. The van der Waals surface area contributed by atoms with E-state index in [1.54, 1.807) is 11.3 Å². The number of alkyl halides is 1. The van der Waals surface area contributed by atoms with Crippen molar-refractivity contribution in [3.63, 3.8) is 0 Å². The number of hydrogen-bond donors (Lipinski definition) is 1. The number of rotatable bonds is 6. The van der Waals surface area contributed by atoms with E-state index < -0.39 is 0 Å². The van der Waals surface area contributed by atoms with E-state index in [9.17, 15) is 0 Å². The lowest BCUT2D eigenvalue weighted by molar-refractivity contribution is 0.337. The molecule has 3 nitrogen and oxygen atoms in total. The van der Waals surface area contributed by atoms with Gasteiger partial charge in [-0.3, -0.25) is 0 Å². The Morgan fingerprint density at radius 2 is 2.26 bits per heavy atom. The SMILES string of the molecule is CCOc1ccc(NCc2csc(C)n2)cc1CCl. The molecule has 0 saturated heterocycles. The molecule has 102 valence electrons. The molecule has 0 saturated carbocycles. The van der Waals surface area contributed by atoms with E-state index in [-0.39, 0.29) is 0 Å². The van der Waals surface area contributed by atoms with Crippen LogP contribution in [0.4, 0.5) is 5.69 Å². The van der Waals surface area contributed by atoms with Crippen molar-refractivity contribution in [1.29, 1.82) is 0 Å². The summed E-state index contributed by atoms with van der Waals surface area (Å²) in [6.07, 6.45) is 0. The van der Waals surface area contributed by atoms with Crippen LogP contribution in [0.3, 0.4) is 0 Å². The van der Waals surface area contributed by atoms with Gasteiger partial charge in [-0.1, -0.05) is 0 Å². The maximum Gasteiger partial charge on any atom is 0.123 e. The molecule has 0 unspecified atom stereocenters. The van der Waals surface area contributed by atoms with Crippen LogP contribution in [0.2, 0.25) is 0 Å². The Morgan fingerprint density at radius 3 is 2.89 bits per heavy atom. The van der Waals surface area contributed by atoms with Crippen molar-refractivity contribution in [2.24, 2.45) is 0 Å². The van der Waals surface area contributed by atoms with Crippen molar-refractivity contribution in [2.45, 2.75) is 26.3 Å². The number of anilines is 1. The number of benzene rings is 1. The molecule has 0 amide bonds. The van der Waals surface area contributed by atoms with Crippen LogP contribution in [0.1, 0.15) is 23.2 Å². The summed E-state index contributed by atoms with van der Waals surface area (Å²) in [5, 5.41) is 6.50. The molecule has 0 aliphatic heterocycles. The summed E-state index contributed by atoms with van der Waals surface area (Å²) >= 11 is 7.61. The van der Waals surface area contributed by atoms with Crippen LogP contribution in [0.15, 0.2) is 23.6 Å². The van der Waals surface area contributed by atoms with Crippen LogP contribution in [-0.4, -0.2) is 11.6 Å². The molecular weight excluding hydrogens is 280 g/mol. The Labute approximate surface area is 122 Å². The number of hydrogen-bond acceptors (Lipinski definition) is 4. The number of halogens is 1. The zero-order valence-electron chi connectivity index (χ0n) is 11.1. The summed E-state index contributed by atoms with van der Waals surface area (Å²) in [7, 11) is 0. The number of thiazole rings is 1. The number of aromatic nitrogens is 1. The predicted octanol–water partition coefficient (Wildman–Crippen LogP) is 4.20. The van der Waals surface area contributed by atoms with Crippen molar-refractivity contribution in [2.75, 3.05) is 11.9 Å². The summed E-state index contributed by atoms with van der Waals surface area (Å²) < 4.78 is 5.53. The van der Waals surface area contributed by atoms with Crippen LogP contribution in [0.5, 0.6) is 5.75 Å². The quantitative estimate of drug-likeness (QED) is 0.811. The molecule has 5 heteroatoms. The fourth-order valence-electron chi connectivity index (χ4n) is 1.77. The summed E-state index contributed by atoms with van der Waals surface area (Å²) in [4.78, 5) is 4.42. The zero-order valence-corrected chi connectivity index (χ0v) is 12.6. The third-order valence-electron chi connectivity index (χ3n) is 2.64. The molecule has 0 atom stereocenters. The molecule has 1 N–H and O–H groups in total. The molecular formula is C14H17ClN2OS. The predicted molar refractivity (Wildman–Crippen MR) is 81.3 cm³/mol. The van der Waals surface area contributed by atoms with Crippen molar-refractivity contribution < 1.29 is 4.74 Å². The molecule has 0 fully saturated rings. The average molecular weight is 297 g/mol. The van der Waals surface area contributed by atoms with Crippen molar-refractivity contribution in [1.82, 2.24) is 4.98 Å². The van der Waals surface area contributed by atoms with E-state index in [2.05, 4.69) is 15.7 Å². The lowest BCUT2D eigenvalue weighted by atomic mass is 10.2. The summed E-state index contributed by atoms with van der Waals surface area (Å²) in [6.45, 7) is 5.35. The van der Waals surface area contributed by atoms with Crippen LogP contribution >= 0.6 is 22.9 Å².